The van der Waals surface area contributed by atoms with Crippen molar-refractivity contribution in [1.29, 1.82) is 0 Å². The number of nitrogens with one attached hydrogen (secondary N) is 2. The van der Waals surface area contributed by atoms with E-state index >= 15 is 0 Å². The van der Waals surface area contributed by atoms with Crippen LogP contribution in [0.2, 0.25) is 5.02 Å². The predicted molar refractivity (Wildman–Crippen MR) is 96.9 cm³/mol. The molecule has 0 saturated carbocycles. The van der Waals surface area contributed by atoms with E-state index in [2.05, 4.69) is 15.8 Å². The first kappa shape index (κ1) is 19.4. The third kappa shape index (κ3) is 5.86. The molecular formula is C18H17ClFN3O3. The lowest BCUT2D eigenvalue weighted by molar-refractivity contribution is -0.125. The zero-order valence-electron chi connectivity index (χ0n) is 14.0. The fraction of sp³-hybridized carbons (Fsp3) is 0.167. The van der Waals surface area contributed by atoms with Gasteiger partial charge in [0.1, 0.15) is 11.6 Å². The maximum absolute atomic E-state index is 13.5. The van der Waals surface area contributed by atoms with Crippen LogP contribution >= 0.6 is 11.6 Å². The summed E-state index contributed by atoms with van der Waals surface area (Å²) in [4.78, 5) is 23.5. The molecule has 26 heavy (non-hydrogen) atoms. The fourth-order valence-corrected chi connectivity index (χ4v) is 2.22. The van der Waals surface area contributed by atoms with Gasteiger partial charge in [-0.2, -0.15) is 5.10 Å². The van der Waals surface area contributed by atoms with Crippen LogP contribution in [0.25, 0.3) is 0 Å². The molecule has 0 heterocycles. The summed E-state index contributed by atoms with van der Waals surface area (Å²) in [7, 11) is 1.56. The van der Waals surface area contributed by atoms with Crippen LogP contribution in [0.3, 0.4) is 0 Å². The van der Waals surface area contributed by atoms with Crippen molar-refractivity contribution in [3.63, 3.8) is 0 Å². The minimum absolute atomic E-state index is 0.0676. The predicted octanol–water partition coefficient (Wildman–Crippen LogP) is 2.30. The summed E-state index contributed by atoms with van der Waals surface area (Å²) in [6.45, 7) is -0.253. The van der Waals surface area contributed by atoms with Gasteiger partial charge in [0.05, 0.1) is 31.3 Å². The van der Waals surface area contributed by atoms with Crippen molar-refractivity contribution in [2.45, 2.75) is 6.42 Å². The normalized spacial score (nSPS) is 10.6. The van der Waals surface area contributed by atoms with Crippen molar-refractivity contribution < 1.29 is 18.7 Å². The van der Waals surface area contributed by atoms with Crippen molar-refractivity contribution in [3.05, 3.63) is 64.4 Å². The number of nitrogens with zero attached hydrogens (tertiary/aromatic N) is 1. The molecule has 0 atom stereocenters. The molecule has 6 nitrogen and oxygen atoms in total. The number of hydrogen-bond acceptors (Lipinski definition) is 4. The second-order valence-corrected chi connectivity index (χ2v) is 5.64. The minimum atomic E-state index is -0.553. The number of carbonyl (C=O) groups is 2. The number of methoxy groups -OCH3 is 1. The molecule has 2 N–H and O–H groups in total. The van der Waals surface area contributed by atoms with Gasteiger partial charge in [0.15, 0.2) is 0 Å². The fourth-order valence-electron chi connectivity index (χ4n) is 2.01. The van der Waals surface area contributed by atoms with Crippen molar-refractivity contribution in [2.24, 2.45) is 5.10 Å². The summed E-state index contributed by atoms with van der Waals surface area (Å²) in [5, 5.41) is 6.28. The number of carbonyl (C=O) groups excluding carboxylic acids is 2. The third-order valence-electron chi connectivity index (χ3n) is 3.35. The molecule has 2 aromatic carbocycles. The van der Waals surface area contributed by atoms with E-state index in [1.54, 1.807) is 31.4 Å². The van der Waals surface area contributed by atoms with Crippen molar-refractivity contribution in [3.8, 4) is 5.75 Å². The van der Waals surface area contributed by atoms with Gasteiger partial charge >= 0.3 is 0 Å². The van der Waals surface area contributed by atoms with Crippen LogP contribution in [-0.2, 0) is 16.0 Å². The van der Waals surface area contributed by atoms with Gasteiger partial charge in [-0.1, -0.05) is 29.8 Å². The number of benzene rings is 2. The highest BCUT2D eigenvalue weighted by molar-refractivity contribution is 6.33. The molecule has 0 aromatic heterocycles. The maximum Gasteiger partial charge on any atom is 0.259 e. The highest BCUT2D eigenvalue weighted by atomic mass is 35.5. The Kier molecular flexibility index (Phi) is 7.11. The van der Waals surface area contributed by atoms with Gasteiger partial charge in [-0.25, -0.2) is 9.82 Å². The summed E-state index contributed by atoms with van der Waals surface area (Å²) >= 11 is 5.83. The maximum atomic E-state index is 13.5. The molecule has 2 aromatic rings. The molecular weight excluding hydrogens is 361 g/mol. The Bertz CT molecular complexity index is 790. The van der Waals surface area contributed by atoms with Crippen molar-refractivity contribution in [2.75, 3.05) is 13.7 Å². The molecule has 0 spiro atoms. The molecule has 2 rings (SSSR count). The first-order chi connectivity index (χ1) is 12.5. The summed E-state index contributed by atoms with van der Waals surface area (Å²) in [6, 6.07) is 11.2. The van der Waals surface area contributed by atoms with E-state index < -0.39 is 11.7 Å². The Hall–Kier alpha value is -2.93. The first-order valence-electron chi connectivity index (χ1n) is 7.65. The molecule has 0 aliphatic carbocycles. The summed E-state index contributed by atoms with van der Waals surface area (Å²) in [5.41, 5.74) is 3.05. The average Bonchev–Trinajstić information content (AvgIpc) is 2.63. The van der Waals surface area contributed by atoms with Gasteiger partial charge in [-0.15, -0.1) is 0 Å². The molecule has 0 unspecified atom stereocenters. The molecule has 0 radical (unpaired) electrons. The quantitative estimate of drug-likeness (QED) is 0.574. The number of amides is 2. The lowest BCUT2D eigenvalue weighted by atomic mass is 10.1. The summed E-state index contributed by atoms with van der Waals surface area (Å²) in [6.07, 6.45) is 1.24. The molecule has 0 bridgehead atoms. The van der Waals surface area contributed by atoms with Gasteiger partial charge < -0.3 is 10.1 Å². The van der Waals surface area contributed by atoms with Gasteiger partial charge in [0.25, 0.3) is 5.91 Å². The topological polar surface area (TPSA) is 79.8 Å². The molecule has 8 heteroatoms. The van der Waals surface area contributed by atoms with Gasteiger partial charge in [-0.05, 0) is 29.8 Å². The Morgan fingerprint density at radius 1 is 1.19 bits per heavy atom. The highest BCUT2D eigenvalue weighted by Crippen LogP contribution is 2.16. The number of halogens is 2. The molecule has 0 aliphatic heterocycles. The van der Waals surface area contributed by atoms with Gasteiger partial charge in [-0.3, -0.25) is 9.59 Å². The third-order valence-corrected chi connectivity index (χ3v) is 3.68. The van der Waals surface area contributed by atoms with Crippen LogP contribution < -0.4 is 15.5 Å². The van der Waals surface area contributed by atoms with Crippen molar-refractivity contribution >= 4 is 29.6 Å². The van der Waals surface area contributed by atoms with E-state index in [0.717, 1.165) is 11.8 Å². The number of rotatable bonds is 7. The average molecular weight is 378 g/mol. The molecule has 0 aliphatic rings. The zero-order valence-corrected chi connectivity index (χ0v) is 14.7. The van der Waals surface area contributed by atoms with Crippen LogP contribution in [0.15, 0.2) is 47.6 Å². The highest BCUT2D eigenvalue weighted by Gasteiger charge is 2.07. The van der Waals surface area contributed by atoms with Crippen LogP contribution in [-0.4, -0.2) is 31.7 Å². The van der Waals surface area contributed by atoms with Crippen LogP contribution in [0.1, 0.15) is 11.1 Å². The first-order valence-corrected chi connectivity index (χ1v) is 8.03. The monoisotopic (exact) mass is 377 g/mol. The molecule has 0 saturated heterocycles. The van der Waals surface area contributed by atoms with E-state index in [-0.39, 0.29) is 29.5 Å². The zero-order chi connectivity index (χ0) is 18.9. The van der Waals surface area contributed by atoms with Gasteiger partial charge in [0.2, 0.25) is 5.91 Å². The van der Waals surface area contributed by atoms with Crippen LogP contribution in [0.5, 0.6) is 5.75 Å². The molecule has 0 fully saturated rings. The second kappa shape index (κ2) is 9.53. The van der Waals surface area contributed by atoms with E-state index in [4.69, 9.17) is 16.3 Å². The SMILES string of the molecule is COc1ccc(CC(=O)NCC(=O)N/N=C\c2c(F)cccc2Cl)cc1. The van der Waals surface area contributed by atoms with Crippen LogP contribution in [0, 0.1) is 5.82 Å². The Morgan fingerprint density at radius 2 is 1.92 bits per heavy atom. The smallest absolute Gasteiger partial charge is 0.259 e. The van der Waals surface area contributed by atoms with E-state index in [1.807, 2.05) is 0 Å². The number of hydrazone groups is 1. The second-order valence-electron chi connectivity index (χ2n) is 5.23. The van der Waals surface area contributed by atoms with Crippen LogP contribution in [0.4, 0.5) is 4.39 Å². The lowest BCUT2D eigenvalue weighted by Gasteiger charge is -2.05. The van der Waals surface area contributed by atoms with E-state index in [1.165, 1.54) is 18.2 Å². The number of ether oxygens (including phenoxy) is 1. The summed E-state index contributed by atoms with van der Waals surface area (Å²) in [5.74, 6) is -0.715. The Labute approximate surface area is 155 Å². The molecule has 136 valence electrons. The molecule has 2 amide bonds. The Balaban J connectivity index is 1.77. The largest absolute Gasteiger partial charge is 0.497 e. The van der Waals surface area contributed by atoms with E-state index in [9.17, 15) is 14.0 Å². The minimum Gasteiger partial charge on any atom is -0.497 e. The van der Waals surface area contributed by atoms with Gasteiger partial charge in [0, 0.05) is 5.56 Å². The number of hydrogen-bond donors (Lipinski definition) is 2. The summed E-state index contributed by atoms with van der Waals surface area (Å²) < 4.78 is 18.6. The lowest BCUT2D eigenvalue weighted by Crippen LogP contribution is -2.35. The Morgan fingerprint density at radius 3 is 2.58 bits per heavy atom. The standard InChI is InChI=1S/C18H17ClFN3O3/c1-26-13-7-5-12(6-8-13)9-17(24)21-11-18(25)23-22-10-14-15(19)3-2-4-16(14)20/h2-8,10H,9,11H2,1H3,(H,21,24)(H,23,25)/b22-10-. The van der Waals surface area contributed by atoms with E-state index in [0.29, 0.717) is 5.75 Å². The van der Waals surface area contributed by atoms with Crippen molar-refractivity contribution in [1.82, 2.24) is 10.7 Å².